The van der Waals surface area contributed by atoms with Crippen LogP contribution in [0.15, 0.2) is 30.6 Å². The minimum atomic E-state index is -3.95. The minimum absolute atomic E-state index is 0.00984. The van der Waals surface area contributed by atoms with Gasteiger partial charge in [0.15, 0.2) is 5.82 Å². The lowest BCUT2D eigenvalue weighted by atomic mass is 10.1. The molecule has 3 atom stereocenters. The Kier molecular flexibility index (Phi) is 6.91. The Hall–Kier alpha value is -2.96. The van der Waals surface area contributed by atoms with Crippen LogP contribution in [0.25, 0.3) is 5.69 Å². The Labute approximate surface area is 202 Å². The summed E-state index contributed by atoms with van der Waals surface area (Å²) in [7, 11) is -0.919. The molecule has 1 fully saturated rings. The van der Waals surface area contributed by atoms with Crippen molar-refractivity contribution in [1.82, 2.24) is 24.7 Å². The van der Waals surface area contributed by atoms with Gasteiger partial charge in [0.2, 0.25) is 16.0 Å². The number of benzene rings is 1. The summed E-state index contributed by atoms with van der Waals surface area (Å²) in [5.74, 6) is 1.17. The lowest BCUT2D eigenvalue weighted by molar-refractivity contribution is -0.0589. The largest absolute Gasteiger partial charge is 0.494 e. The number of hydrogen-bond donors (Lipinski definition) is 1. The number of para-hydroxylation sites is 1. The quantitative estimate of drug-likeness (QED) is 0.463. The first-order chi connectivity index (χ1) is 16.3. The molecular formula is C21H25ClN6O5S. The van der Waals surface area contributed by atoms with Gasteiger partial charge in [-0.3, -0.25) is 9.29 Å². The van der Waals surface area contributed by atoms with Crippen molar-refractivity contribution in [3.05, 3.63) is 47.3 Å². The maximum atomic E-state index is 13.4. The Morgan fingerprint density at radius 2 is 1.76 bits per heavy atom. The third-order valence-electron chi connectivity index (χ3n) is 5.78. The fourth-order valence-electron chi connectivity index (χ4n) is 3.54. The van der Waals surface area contributed by atoms with Crippen LogP contribution < -0.4 is 14.2 Å². The first kappa shape index (κ1) is 24.2. The third-order valence-corrected chi connectivity index (χ3v) is 7.82. The number of nitrogens with one attached hydrogen (secondary N) is 1. The Morgan fingerprint density at radius 3 is 2.29 bits per heavy atom. The highest BCUT2D eigenvalue weighted by molar-refractivity contribution is 7.93. The lowest BCUT2D eigenvalue weighted by Crippen LogP contribution is -2.32. The van der Waals surface area contributed by atoms with Crippen molar-refractivity contribution in [3.8, 4) is 17.2 Å². The number of rotatable bonds is 9. The molecule has 0 aliphatic carbocycles. The van der Waals surface area contributed by atoms with Gasteiger partial charge in [0.1, 0.15) is 29.1 Å². The van der Waals surface area contributed by atoms with E-state index < -0.39 is 21.2 Å². The molecule has 1 N–H and O–H groups in total. The molecule has 0 bridgehead atoms. The predicted octanol–water partition coefficient (Wildman–Crippen LogP) is 3.12. The van der Waals surface area contributed by atoms with Gasteiger partial charge in [0, 0.05) is 24.7 Å². The van der Waals surface area contributed by atoms with Crippen LogP contribution in [0.4, 0.5) is 5.95 Å². The Bertz CT molecular complexity index is 1240. The lowest BCUT2D eigenvalue weighted by Gasteiger charge is -2.27. The fourth-order valence-corrected chi connectivity index (χ4v) is 4.87. The number of nitrogens with zero attached hydrogens (tertiary/aromatic N) is 5. The van der Waals surface area contributed by atoms with Crippen LogP contribution in [0.2, 0.25) is 5.02 Å². The van der Waals surface area contributed by atoms with Gasteiger partial charge in [-0.2, -0.15) is 0 Å². The van der Waals surface area contributed by atoms with Crippen molar-refractivity contribution >= 4 is 27.6 Å². The second-order valence-electron chi connectivity index (χ2n) is 7.78. The fraction of sp³-hybridized carbons (Fsp3) is 0.429. The van der Waals surface area contributed by atoms with Crippen molar-refractivity contribution in [2.24, 2.45) is 0 Å². The number of anilines is 1. The molecule has 2 aromatic heterocycles. The molecule has 3 heterocycles. The van der Waals surface area contributed by atoms with Crippen LogP contribution in [0.3, 0.4) is 0 Å². The van der Waals surface area contributed by atoms with E-state index in [1.54, 1.807) is 36.6 Å². The van der Waals surface area contributed by atoms with Crippen LogP contribution in [0.1, 0.15) is 43.9 Å². The van der Waals surface area contributed by atoms with E-state index in [0.29, 0.717) is 40.5 Å². The third kappa shape index (κ3) is 4.52. The monoisotopic (exact) mass is 508 g/mol. The normalized spacial score (nSPS) is 17.5. The molecule has 1 saturated heterocycles. The molecule has 0 radical (unpaired) electrons. The van der Waals surface area contributed by atoms with Gasteiger partial charge in [-0.25, -0.2) is 18.4 Å². The standard InChI is InChI=1S/C21H25ClN6O5S/c1-12(19-23-10-14(22)11-24-19)13(2)34(29,30)27-21-26-25-20(17-8-9-33-17)28(21)18-15(31-3)6-5-7-16(18)32-4/h5-7,10-13,17H,8-9H2,1-4H3,(H,26,27)/t12-,13-,17?/m0/s1. The van der Waals surface area contributed by atoms with Gasteiger partial charge >= 0.3 is 0 Å². The van der Waals surface area contributed by atoms with Crippen LogP contribution in [-0.2, 0) is 14.8 Å². The summed E-state index contributed by atoms with van der Waals surface area (Å²) < 4.78 is 47.6. The van der Waals surface area contributed by atoms with Gasteiger partial charge in [-0.05, 0) is 19.1 Å². The molecular weight excluding hydrogens is 484 g/mol. The first-order valence-corrected chi connectivity index (χ1v) is 12.5. The molecule has 34 heavy (non-hydrogen) atoms. The van der Waals surface area contributed by atoms with Crippen molar-refractivity contribution in [3.63, 3.8) is 0 Å². The molecule has 0 saturated carbocycles. The van der Waals surface area contributed by atoms with Crippen molar-refractivity contribution < 1.29 is 22.6 Å². The average Bonchev–Trinajstić information content (AvgIpc) is 3.18. The van der Waals surface area contributed by atoms with E-state index in [1.807, 2.05) is 0 Å². The number of methoxy groups -OCH3 is 2. The molecule has 4 rings (SSSR count). The van der Waals surface area contributed by atoms with Gasteiger partial charge in [0.25, 0.3) is 0 Å². The molecule has 13 heteroatoms. The molecule has 1 aliphatic heterocycles. The average molecular weight is 509 g/mol. The topological polar surface area (TPSA) is 130 Å². The first-order valence-electron chi connectivity index (χ1n) is 10.5. The number of hydrogen-bond acceptors (Lipinski definition) is 9. The molecule has 0 spiro atoms. The van der Waals surface area contributed by atoms with Crippen molar-refractivity contribution in [2.75, 3.05) is 25.5 Å². The van der Waals surface area contributed by atoms with E-state index in [1.165, 1.54) is 26.6 Å². The maximum Gasteiger partial charge on any atom is 0.243 e. The summed E-state index contributed by atoms with van der Waals surface area (Å²) in [5.41, 5.74) is 0.461. The van der Waals surface area contributed by atoms with Crippen molar-refractivity contribution in [2.45, 2.75) is 37.5 Å². The predicted molar refractivity (Wildman–Crippen MR) is 125 cm³/mol. The second-order valence-corrected chi connectivity index (χ2v) is 10.3. The summed E-state index contributed by atoms with van der Waals surface area (Å²) in [6, 6.07) is 5.25. The van der Waals surface area contributed by atoms with E-state index in [0.717, 1.165) is 6.42 Å². The summed E-state index contributed by atoms with van der Waals surface area (Å²) in [6.07, 6.45) is 3.26. The number of halogens is 1. The molecule has 1 aromatic carbocycles. The minimum Gasteiger partial charge on any atom is -0.494 e. The molecule has 1 unspecified atom stereocenters. The Morgan fingerprint density at radius 1 is 1.15 bits per heavy atom. The Balaban J connectivity index is 1.74. The van der Waals surface area contributed by atoms with E-state index in [4.69, 9.17) is 25.8 Å². The summed E-state index contributed by atoms with van der Waals surface area (Å²) in [4.78, 5) is 8.32. The number of ether oxygens (including phenoxy) is 3. The molecule has 11 nitrogen and oxygen atoms in total. The number of aromatic nitrogens is 5. The highest BCUT2D eigenvalue weighted by Gasteiger charge is 2.35. The zero-order valence-corrected chi connectivity index (χ0v) is 20.7. The van der Waals surface area contributed by atoms with Crippen LogP contribution in [-0.4, -0.2) is 59.2 Å². The zero-order chi connectivity index (χ0) is 24.5. The molecule has 3 aromatic rings. The van der Waals surface area contributed by atoms with Crippen molar-refractivity contribution in [1.29, 1.82) is 0 Å². The van der Waals surface area contributed by atoms with Crippen LogP contribution in [0.5, 0.6) is 11.5 Å². The highest BCUT2D eigenvalue weighted by atomic mass is 35.5. The van der Waals surface area contributed by atoms with Gasteiger partial charge < -0.3 is 14.2 Å². The smallest absolute Gasteiger partial charge is 0.243 e. The van der Waals surface area contributed by atoms with E-state index in [2.05, 4.69) is 24.9 Å². The van der Waals surface area contributed by atoms with E-state index in [9.17, 15) is 8.42 Å². The zero-order valence-electron chi connectivity index (χ0n) is 19.1. The van der Waals surface area contributed by atoms with Crippen LogP contribution >= 0.6 is 11.6 Å². The SMILES string of the molecule is COc1cccc(OC)c1-n1c(NS(=O)(=O)[C@@H](C)[C@H](C)c2ncc(Cl)cn2)nnc1C1CCO1. The molecule has 0 amide bonds. The molecule has 182 valence electrons. The van der Waals surface area contributed by atoms with E-state index >= 15 is 0 Å². The summed E-state index contributed by atoms with van der Waals surface area (Å²) in [6.45, 7) is 3.89. The van der Waals surface area contributed by atoms with Gasteiger partial charge in [0.05, 0.1) is 31.1 Å². The highest BCUT2D eigenvalue weighted by Crippen LogP contribution is 2.39. The summed E-state index contributed by atoms with van der Waals surface area (Å²) in [5, 5.41) is 7.84. The summed E-state index contributed by atoms with van der Waals surface area (Å²) >= 11 is 5.86. The van der Waals surface area contributed by atoms with Gasteiger partial charge in [-0.15, -0.1) is 10.2 Å². The number of sulfonamides is 1. The van der Waals surface area contributed by atoms with Gasteiger partial charge in [-0.1, -0.05) is 24.6 Å². The maximum absolute atomic E-state index is 13.4. The van der Waals surface area contributed by atoms with Crippen LogP contribution in [0, 0.1) is 0 Å². The molecule has 1 aliphatic rings. The van der Waals surface area contributed by atoms with E-state index in [-0.39, 0.29) is 12.1 Å². The second kappa shape index (κ2) is 9.72.